The highest BCUT2D eigenvalue weighted by Gasteiger charge is 2.08. The van der Waals surface area contributed by atoms with E-state index in [-0.39, 0.29) is 5.88 Å². The Hall–Kier alpha value is -0.790. The van der Waals surface area contributed by atoms with Gasteiger partial charge in [-0.1, -0.05) is 6.92 Å². The number of aliphatic hydroxyl groups excluding tert-OH is 1. The predicted molar refractivity (Wildman–Crippen MR) is 37.6 cm³/mol. The van der Waals surface area contributed by atoms with Crippen LogP contribution < -0.4 is 0 Å². The average molecular weight is 125 g/mol. The summed E-state index contributed by atoms with van der Waals surface area (Å²) in [6.45, 7) is 3.99. The van der Waals surface area contributed by atoms with E-state index in [1.165, 1.54) is 0 Å². The maximum atomic E-state index is 8.98. The van der Waals surface area contributed by atoms with Gasteiger partial charge in [0.05, 0.1) is 0 Å². The molecule has 1 rings (SSSR count). The van der Waals surface area contributed by atoms with Crippen LogP contribution in [0.1, 0.15) is 20.3 Å². The van der Waals surface area contributed by atoms with Gasteiger partial charge >= 0.3 is 0 Å². The predicted octanol–water partition coefficient (Wildman–Crippen LogP) is 1.89. The maximum Gasteiger partial charge on any atom is 0.209 e. The minimum Gasteiger partial charge on any atom is -0.493 e. The quantitative estimate of drug-likeness (QED) is 0.526. The van der Waals surface area contributed by atoms with Crippen molar-refractivity contribution in [2.75, 3.05) is 0 Å². The first-order valence-electron chi connectivity index (χ1n) is 3.13. The van der Waals surface area contributed by atoms with Gasteiger partial charge in [-0.2, -0.15) is 0 Å². The molecule has 0 radical (unpaired) electrons. The van der Waals surface area contributed by atoms with E-state index in [0.717, 1.165) is 12.0 Å². The van der Waals surface area contributed by atoms with Gasteiger partial charge in [0.2, 0.25) is 5.88 Å². The molecule has 0 spiro atoms. The van der Waals surface area contributed by atoms with Gasteiger partial charge in [0, 0.05) is 6.21 Å². The lowest BCUT2D eigenvalue weighted by Gasteiger charge is -2.10. The lowest BCUT2D eigenvalue weighted by Crippen LogP contribution is -2.03. The zero-order valence-corrected chi connectivity index (χ0v) is 5.76. The molecule has 0 bridgehead atoms. The smallest absolute Gasteiger partial charge is 0.209 e. The highest BCUT2D eigenvalue weighted by atomic mass is 16.3. The van der Waals surface area contributed by atoms with Gasteiger partial charge in [-0.25, -0.2) is 4.99 Å². The van der Waals surface area contributed by atoms with Crippen molar-refractivity contribution in [3.63, 3.8) is 0 Å². The van der Waals surface area contributed by atoms with Gasteiger partial charge in [-0.3, -0.25) is 0 Å². The summed E-state index contributed by atoms with van der Waals surface area (Å²) in [4.78, 5) is 3.80. The fourth-order valence-electron chi connectivity index (χ4n) is 0.935. The minimum atomic E-state index is 0.202. The Morgan fingerprint density at radius 2 is 2.44 bits per heavy atom. The Labute approximate surface area is 54.9 Å². The molecule has 0 saturated heterocycles. The second-order valence-electron chi connectivity index (χ2n) is 2.56. The lowest BCUT2D eigenvalue weighted by molar-refractivity contribution is 0.390. The third-order valence-electron chi connectivity index (χ3n) is 1.46. The maximum absolute atomic E-state index is 8.98. The van der Waals surface area contributed by atoms with E-state index in [1.54, 1.807) is 6.21 Å². The molecule has 0 aromatic rings. The van der Waals surface area contributed by atoms with Crippen molar-refractivity contribution in [2.24, 2.45) is 10.9 Å². The van der Waals surface area contributed by atoms with E-state index in [9.17, 15) is 0 Å². The van der Waals surface area contributed by atoms with Crippen LogP contribution in [-0.2, 0) is 0 Å². The van der Waals surface area contributed by atoms with Crippen molar-refractivity contribution >= 4 is 6.21 Å². The molecule has 2 nitrogen and oxygen atoms in total. The van der Waals surface area contributed by atoms with Crippen LogP contribution in [0.25, 0.3) is 0 Å². The Kier molecular flexibility index (Phi) is 1.56. The summed E-state index contributed by atoms with van der Waals surface area (Å²) in [5.41, 5.74) is 0.991. The number of aliphatic imine (C=N–C) groups is 1. The highest BCUT2D eigenvalue weighted by molar-refractivity contribution is 5.63. The summed E-state index contributed by atoms with van der Waals surface area (Å²) in [7, 11) is 0. The highest BCUT2D eigenvalue weighted by Crippen LogP contribution is 2.17. The van der Waals surface area contributed by atoms with Crippen LogP contribution in [0, 0.1) is 5.92 Å². The van der Waals surface area contributed by atoms with Crippen LogP contribution in [-0.4, -0.2) is 11.3 Å². The van der Waals surface area contributed by atoms with Gasteiger partial charge in [-0.15, -0.1) is 0 Å². The summed E-state index contributed by atoms with van der Waals surface area (Å²) in [5.74, 6) is 0.689. The molecule has 50 valence electrons. The van der Waals surface area contributed by atoms with Crippen LogP contribution in [0.15, 0.2) is 16.4 Å². The molecule has 1 heterocycles. The molecule has 0 aromatic heterocycles. The zero-order valence-electron chi connectivity index (χ0n) is 5.76. The fraction of sp³-hybridized carbons (Fsp3) is 0.571. The molecule has 2 heteroatoms. The monoisotopic (exact) mass is 125 g/mol. The summed E-state index contributed by atoms with van der Waals surface area (Å²) < 4.78 is 0. The number of hydrogen-bond acceptors (Lipinski definition) is 2. The summed E-state index contributed by atoms with van der Waals surface area (Å²) >= 11 is 0. The Morgan fingerprint density at radius 3 is 2.89 bits per heavy atom. The molecule has 9 heavy (non-hydrogen) atoms. The molecule has 1 atom stereocenters. The van der Waals surface area contributed by atoms with E-state index in [1.807, 2.05) is 6.92 Å². The number of aliphatic hydroxyl groups is 1. The van der Waals surface area contributed by atoms with Crippen molar-refractivity contribution < 1.29 is 5.11 Å². The van der Waals surface area contributed by atoms with Crippen LogP contribution in [0.2, 0.25) is 0 Å². The number of rotatable bonds is 0. The van der Waals surface area contributed by atoms with Crippen LogP contribution in [0.5, 0.6) is 0 Å². The Balaban J connectivity index is 2.75. The normalized spacial score (nSPS) is 27.1. The van der Waals surface area contributed by atoms with E-state index in [2.05, 4.69) is 11.9 Å². The van der Waals surface area contributed by atoms with Crippen molar-refractivity contribution in [3.8, 4) is 0 Å². The number of nitrogens with zero attached hydrogens (tertiary/aromatic N) is 1. The molecule has 1 aliphatic heterocycles. The van der Waals surface area contributed by atoms with Crippen molar-refractivity contribution in [1.29, 1.82) is 0 Å². The number of allylic oxidation sites excluding steroid dienone is 1. The zero-order chi connectivity index (χ0) is 6.85. The van der Waals surface area contributed by atoms with Crippen molar-refractivity contribution in [2.45, 2.75) is 20.3 Å². The van der Waals surface area contributed by atoms with E-state index in [4.69, 9.17) is 5.11 Å². The SMILES string of the molecule is CC1=C(O)N=CC(C)C1. The standard InChI is InChI=1S/C7H11NO/c1-5-3-6(2)7(9)8-4-5/h4-5,9H,3H2,1-2H3. The molecule has 0 fully saturated rings. The summed E-state index contributed by atoms with van der Waals surface area (Å²) in [6.07, 6.45) is 2.72. The second-order valence-corrected chi connectivity index (χ2v) is 2.56. The Bertz CT molecular complexity index is 170. The molecule has 0 amide bonds. The van der Waals surface area contributed by atoms with E-state index in [0.29, 0.717) is 5.92 Å². The molecular weight excluding hydrogens is 114 g/mol. The van der Waals surface area contributed by atoms with E-state index < -0.39 is 0 Å². The minimum absolute atomic E-state index is 0.202. The topological polar surface area (TPSA) is 32.6 Å². The van der Waals surface area contributed by atoms with Gasteiger partial charge < -0.3 is 5.11 Å². The second kappa shape index (κ2) is 2.21. The largest absolute Gasteiger partial charge is 0.493 e. The van der Waals surface area contributed by atoms with Gasteiger partial charge in [0.25, 0.3) is 0 Å². The third-order valence-corrected chi connectivity index (χ3v) is 1.46. The number of hydrogen-bond donors (Lipinski definition) is 1. The van der Waals surface area contributed by atoms with Crippen LogP contribution in [0.4, 0.5) is 0 Å². The third kappa shape index (κ3) is 1.31. The summed E-state index contributed by atoms with van der Waals surface area (Å²) in [5, 5.41) is 8.98. The van der Waals surface area contributed by atoms with Gasteiger partial charge in [-0.05, 0) is 24.8 Å². The van der Waals surface area contributed by atoms with E-state index >= 15 is 0 Å². The molecule has 0 saturated carbocycles. The molecule has 1 aliphatic rings. The first-order valence-corrected chi connectivity index (χ1v) is 3.13. The van der Waals surface area contributed by atoms with Crippen LogP contribution in [0.3, 0.4) is 0 Å². The molecule has 0 aliphatic carbocycles. The first kappa shape index (κ1) is 6.33. The van der Waals surface area contributed by atoms with Crippen LogP contribution >= 0.6 is 0 Å². The van der Waals surface area contributed by atoms with Gasteiger partial charge in [0.15, 0.2) is 0 Å². The molecule has 1 N–H and O–H groups in total. The molecular formula is C7H11NO. The Morgan fingerprint density at radius 1 is 1.78 bits per heavy atom. The average Bonchev–Trinajstić information content (AvgIpc) is 1.80. The molecule has 0 aromatic carbocycles. The summed E-state index contributed by atoms with van der Waals surface area (Å²) in [6, 6.07) is 0. The van der Waals surface area contributed by atoms with Gasteiger partial charge in [0.1, 0.15) is 0 Å². The fourth-order valence-corrected chi connectivity index (χ4v) is 0.935. The van der Waals surface area contributed by atoms with Crippen molar-refractivity contribution in [1.82, 2.24) is 0 Å². The first-order chi connectivity index (χ1) is 4.20. The molecule has 1 unspecified atom stereocenters. The lowest BCUT2D eigenvalue weighted by atomic mass is 10.0. The van der Waals surface area contributed by atoms with Crippen molar-refractivity contribution in [3.05, 3.63) is 11.5 Å².